The summed E-state index contributed by atoms with van der Waals surface area (Å²) in [6, 6.07) is 6.21. The molecule has 0 spiro atoms. The lowest BCUT2D eigenvalue weighted by Crippen LogP contribution is -2.43. The van der Waals surface area contributed by atoms with E-state index in [4.69, 9.17) is 0 Å². The van der Waals surface area contributed by atoms with Crippen LogP contribution in [0.3, 0.4) is 0 Å². The first-order valence-electron chi connectivity index (χ1n) is 12.5. The zero-order chi connectivity index (χ0) is 28.3. The van der Waals surface area contributed by atoms with E-state index in [1.54, 1.807) is 37.4 Å². The van der Waals surface area contributed by atoms with Crippen LogP contribution < -0.4 is 10.6 Å². The largest absolute Gasteiger partial charge is 0.417 e. The summed E-state index contributed by atoms with van der Waals surface area (Å²) >= 11 is 0. The van der Waals surface area contributed by atoms with E-state index in [1.807, 2.05) is 19.0 Å². The molecular formula is C27H31F4N7O. The fourth-order valence-corrected chi connectivity index (χ4v) is 4.67. The smallest absolute Gasteiger partial charge is 0.379 e. The Balaban J connectivity index is 1.62. The second-order valence-corrected chi connectivity index (χ2v) is 9.86. The number of nitrogens with one attached hydrogen (secondary N) is 2. The number of allylic oxidation sites excluding steroid dienone is 1. The van der Waals surface area contributed by atoms with Crippen LogP contribution in [0, 0.1) is 0 Å². The van der Waals surface area contributed by atoms with Gasteiger partial charge in [-0.15, -0.1) is 5.10 Å². The maximum absolute atomic E-state index is 15.1. The van der Waals surface area contributed by atoms with E-state index in [2.05, 4.69) is 32.5 Å². The Morgan fingerprint density at radius 1 is 1.26 bits per heavy atom. The molecule has 2 N–H and O–H groups in total. The number of carbonyl (C=O) groups excluding carboxylic acids is 1. The molecule has 1 amide bonds. The number of alkyl halides is 4. The Labute approximate surface area is 223 Å². The molecule has 39 heavy (non-hydrogen) atoms. The Hall–Kier alpha value is -3.80. The number of aryl methyl sites for hydroxylation is 1. The van der Waals surface area contributed by atoms with Crippen LogP contribution in [0.4, 0.5) is 23.2 Å². The minimum atomic E-state index is -4.69. The van der Waals surface area contributed by atoms with Crippen LogP contribution in [-0.4, -0.2) is 75.9 Å². The highest BCUT2D eigenvalue weighted by Gasteiger charge is 2.35. The third kappa shape index (κ3) is 6.62. The lowest BCUT2D eigenvalue weighted by Gasteiger charge is -2.36. The Morgan fingerprint density at radius 2 is 2.03 bits per heavy atom. The molecule has 1 aliphatic carbocycles. The summed E-state index contributed by atoms with van der Waals surface area (Å²) in [6.45, 7) is 3.34. The van der Waals surface area contributed by atoms with Gasteiger partial charge in [0.05, 0.1) is 29.2 Å². The van der Waals surface area contributed by atoms with Gasteiger partial charge in [0.1, 0.15) is 6.17 Å². The molecule has 4 rings (SSSR count). The van der Waals surface area contributed by atoms with Gasteiger partial charge in [0.25, 0.3) is 5.91 Å². The fraction of sp³-hybridized carbons (Fsp3) is 0.407. The standard InChI is InChI=1S/C27H31F4N7O/c1-16(27(29,30)31)25-19-8-5-9-22(34-23-11-10-18(37(2)3)14-21(23)28)20(19)13-17(33-25)7-6-12-32-26(39)24-15-38(4)36-35-24/h5-9,13,15,18,21,23,34H,1,10-12,14H2,2-4H3,(H,32,39)/b7-6+/t18-,21?,23-/m1/s1. The number of anilines is 1. The van der Waals surface area contributed by atoms with Gasteiger partial charge in [-0.05, 0) is 51.6 Å². The Morgan fingerprint density at radius 3 is 2.67 bits per heavy atom. The zero-order valence-corrected chi connectivity index (χ0v) is 22.0. The van der Waals surface area contributed by atoms with Crippen molar-refractivity contribution in [2.75, 3.05) is 26.0 Å². The minimum absolute atomic E-state index is 0.0865. The predicted molar refractivity (Wildman–Crippen MR) is 143 cm³/mol. The first-order valence-corrected chi connectivity index (χ1v) is 12.5. The number of carbonyl (C=O) groups is 1. The van der Waals surface area contributed by atoms with Gasteiger partial charge in [-0.2, -0.15) is 13.2 Å². The van der Waals surface area contributed by atoms with Crippen molar-refractivity contribution in [2.45, 2.75) is 43.7 Å². The number of pyridine rings is 1. The molecule has 2 aromatic heterocycles. The maximum atomic E-state index is 15.1. The number of amides is 1. The van der Waals surface area contributed by atoms with E-state index in [0.717, 1.165) is 6.42 Å². The van der Waals surface area contributed by atoms with E-state index in [0.29, 0.717) is 23.9 Å². The third-order valence-electron chi connectivity index (χ3n) is 6.84. The number of benzene rings is 1. The molecule has 12 heteroatoms. The van der Waals surface area contributed by atoms with Crippen molar-refractivity contribution in [2.24, 2.45) is 7.05 Å². The van der Waals surface area contributed by atoms with E-state index < -0.39 is 29.9 Å². The second kappa shape index (κ2) is 11.5. The molecule has 0 radical (unpaired) electrons. The van der Waals surface area contributed by atoms with Crippen LogP contribution >= 0.6 is 0 Å². The van der Waals surface area contributed by atoms with Crippen LogP contribution in [0.5, 0.6) is 0 Å². The van der Waals surface area contributed by atoms with Crippen LogP contribution in [0.25, 0.3) is 22.4 Å². The average Bonchev–Trinajstić information content (AvgIpc) is 3.32. The average molecular weight is 546 g/mol. The molecule has 0 bridgehead atoms. The summed E-state index contributed by atoms with van der Waals surface area (Å²) in [5, 5.41) is 14.0. The van der Waals surface area contributed by atoms with Gasteiger partial charge in [-0.1, -0.05) is 30.0 Å². The van der Waals surface area contributed by atoms with Gasteiger partial charge in [0.2, 0.25) is 0 Å². The number of fused-ring (bicyclic) bond motifs is 1. The number of nitrogens with zero attached hydrogens (tertiary/aromatic N) is 5. The van der Waals surface area contributed by atoms with Crippen molar-refractivity contribution in [1.82, 2.24) is 30.2 Å². The molecule has 1 aliphatic rings. The van der Waals surface area contributed by atoms with Crippen molar-refractivity contribution in [3.63, 3.8) is 0 Å². The van der Waals surface area contributed by atoms with E-state index in [1.165, 1.54) is 17.0 Å². The lowest BCUT2D eigenvalue weighted by molar-refractivity contribution is -0.0688. The number of halogens is 4. The third-order valence-corrected chi connectivity index (χ3v) is 6.84. The minimum Gasteiger partial charge on any atom is -0.379 e. The first-order chi connectivity index (χ1) is 18.4. The number of aromatic nitrogens is 4. The molecule has 0 saturated heterocycles. The van der Waals surface area contributed by atoms with Crippen LogP contribution in [0.1, 0.15) is 41.1 Å². The molecule has 1 aromatic carbocycles. The molecule has 1 saturated carbocycles. The Kier molecular flexibility index (Phi) is 8.34. The summed E-state index contributed by atoms with van der Waals surface area (Å²) in [4.78, 5) is 18.4. The number of hydrogen-bond acceptors (Lipinski definition) is 6. The van der Waals surface area contributed by atoms with Gasteiger partial charge < -0.3 is 15.5 Å². The van der Waals surface area contributed by atoms with Crippen molar-refractivity contribution in [3.05, 3.63) is 60.2 Å². The van der Waals surface area contributed by atoms with Crippen molar-refractivity contribution < 1.29 is 22.4 Å². The fourth-order valence-electron chi connectivity index (χ4n) is 4.67. The van der Waals surface area contributed by atoms with E-state index in [9.17, 15) is 18.0 Å². The molecular weight excluding hydrogens is 514 g/mol. The maximum Gasteiger partial charge on any atom is 0.417 e. The van der Waals surface area contributed by atoms with Gasteiger partial charge in [0.15, 0.2) is 5.69 Å². The summed E-state index contributed by atoms with van der Waals surface area (Å²) in [7, 11) is 5.48. The molecule has 8 nitrogen and oxygen atoms in total. The quantitative estimate of drug-likeness (QED) is 0.402. The second-order valence-electron chi connectivity index (χ2n) is 9.86. The van der Waals surface area contributed by atoms with E-state index in [-0.39, 0.29) is 35.1 Å². The highest BCUT2D eigenvalue weighted by molar-refractivity contribution is 6.01. The van der Waals surface area contributed by atoms with Crippen LogP contribution in [-0.2, 0) is 7.05 Å². The predicted octanol–water partition coefficient (Wildman–Crippen LogP) is 4.61. The first kappa shape index (κ1) is 28.2. The van der Waals surface area contributed by atoms with Crippen LogP contribution in [0.2, 0.25) is 0 Å². The van der Waals surface area contributed by atoms with Gasteiger partial charge in [-0.3, -0.25) is 9.48 Å². The van der Waals surface area contributed by atoms with Gasteiger partial charge in [0, 0.05) is 36.1 Å². The SMILES string of the molecule is C=C(c1nc(/C=C/CNC(=O)c2cn(C)nn2)cc2c(N[C@@H]3CC[C@@H](N(C)C)CC3F)cccc12)C(F)(F)F. The molecule has 3 atom stereocenters. The monoisotopic (exact) mass is 545 g/mol. The highest BCUT2D eigenvalue weighted by atomic mass is 19.4. The molecule has 2 heterocycles. The van der Waals surface area contributed by atoms with Crippen molar-refractivity contribution in [3.8, 4) is 0 Å². The van der Waals surface area contributed by atoms with Crippen molar-refractivity contribution >= 4 is 34.0 Å². The van der Waals surface area contributed by atoms with Gasteiger partial charge >= 0.3 is 6.18 Å². The van der Waals surface area contributed by atoms with E-state index >= 15 is 4.39 Å². The molecule has 0 aliphatic heterocycles. The van der Waals surface area contributed by atoms with Gasteiger partial charge in [-0.25, -0.2) is 9.37 Å². The summed E-state index contributed by atoms with van der Waals surface area (Å²) in [6.07, 6.45) is 0.520. The Bertz CT molecular complexity index is 1380. The zero-order valence-electron chi connectivity index (χ0n) is 22.0. The summed E-state index contributed by atoms with van der Waals surface area (Å²) in [5.41, 5.74) is -0.489. The molecule has 208 valence electrons. The molecule has 1 fully saturated rings. The van der Waals surface area contributed by atoms with Crippen LogP contribution in [0.15, 0.2) is 43.1 Å². The number of rotatable bonds is 8. The molecule has 3 aromatic rings. The normalized spacial score (nSPS) is 20.1. The summed E-state index contributed by atoms with van der Waals surface area (Å²) < 4.78 is 57.5. The molecule has 1 unspecified atom stereocenters. The lowest BCUT2D eigenvalue weighted by atomic mass is 9.88. The summed E-state index contributed by atoms with van der Waals surface area (Å²) in [5.74, 6) is -0.443. The van der Waals surface area contributed by atoms with Crippen molar-refractivity contribution in [1.29, 1.82) is 0 Å². The topological polar surface area (TPSA) is 88.0 Å². The highest BCUT2D eigenvalue weighted by Crippen LogP contribution is 2.38. The number of hydrogen-bond donors (Lipinski definition) is 2.